The molecule has 1 heterocycles. The standard InChI is InChI=1S/C12H17ClN4O2/c1-12(2,3)19-11(18)15-6-4-5-8-7-16-10(14)17-9(8)13/h4-5,7H,6H2,1-3H3,(H,15,18)(H2,14,16,17). The van der Waals surface area contributed by atoms with E-state index in [1.165, 1.54) is 6.20 Å². The van der Waals surface area contributed by atoms with Crippen LogP contribution in [0.25, 0.3) is 6.08 Å². The Morgan fingerprint density at radius 1 is 1.58 bits per heavy atom. The summed E-state index contributed by atoms with van der Waals surface area (Å²) < 4.78 is 5.08. The second-order valence-corrected chi connectivity index (χ2v) is 5.12. The number of nitrogen functional groups attached to an aromatic ring is 1. The first-order valence-electron chi connectivity index (χ1n) is 5.69. The molecule has 1 rings (SSSR count). The van der Waals surface area contributed by atoms with Crippen molar-refractivity contribution in [2.24, 2.45) is 0 Å². The Hall–Kier alpha value is -1.82. The van der Waals surface area contributed by atoms with E-state index >= 15 is 0 Å². The minimum Gasteiger partial charge on any atom is -0.444 e. The van der Waals surface area contributed by atoms with Crippen molar-refractivity contribution in [2.45, 2.75) is 26.4 Å². The number of anilines is 1. The number of aromatic nitrogens is 2. The zero-order valence-corrected chi connectivity index (χ0v) is 11.9. The van der Waals surface area contributed by atoms with E-state index in [9.17, 15) is 4.79 Å². The molecule has 0 atom stereocenters. The highest BCUT2D eigenvalue weighted by Crippen LogP contribution is 2.13. The second-order valence-electron chi connectivity index (χ2n) is 4.76. The number of nitrogens with zero attached hydrogens (tertiary/aromatic N) is 2. The molecule has 0 unspecified atom stereocenters. The van der Waals surface area contributed by atoms with Gasteiger partial charge in [-0.2, -0.15) is 0 Å². The number of hydrogen-bond donors (Lipinski definition) is 2. The van der Waals surface area contributed by atoms with Crippen LogP contribution >= 0.6 is 11.6 Å². The smallest absolute Gasteiger partial charge is 0.407 e. The minimum absolute atomic E-state index is 0.119. The largest absolute Gasteiger partial charge is 0.444 e. The summed E-state index contributed by atoms with van der Waals surface area (Å²) >= 11 is 5.86. The average Bonchev–Trinajstić information content (AvgIpc) is 2.24. The SMILES string of the molecule is CC(C)(C)OC(=O)NCC=Cc1cnc(N)nc1Cl. The van der Waals surface area contributed by atoms with E-state index in [0.717, 1.165) is 0 Å². The fourth-order valence-electron chi connectivity index (χ4n) is 1.14. The van der Waals surface area contributed by atoms with Crippen LogP contribution in [0, 0.1) is 0 Å². The Kier molecular flexibility index (Phi) is 5.11. The Bertz CT molecular complexity index is 483. The Morgan fingerprint density at radius 3 is 2.84 bits per heavy atom. The van der Waals surface area contributed by atoms with Crippen molar-refractivity contribution >= 4 is 29.7 Å². The Balaban J connectivity index is 2.44. The van der Waals surface area contributed by atoms with Crippen LogP contribution < -0.4 is 11.1 Å². The van der Waals surface area contributed by atoms with E-state index in [-0.39, 0.29) is 11.1 Å². The number of nitrogens with two attached hydrogens (primary N) is 1. The van der Waals surface area contributed by atoms with Crippen molar-refractivity contribution in [3.05, 3.63) is 23.0 Å². The first kappa shape index (κ1) is 15.2. The van der Waals surface area contributed by atoms with E-state index in [4.69, 9.17) is 22.1 Å². The van der Waals surface area contributed by atoms with E-state index in [2.05, 4.69) is 15.3 Å². The van der Waals surface area contributed by atoms with Crippen molar-refractivity contribution < 1.29 is 9.53 Å². The molecular formula is C12H17ClN4O2. The molecule has 0 saturated carbocycles. The molecule has 0 radical (unpaired) electrons. The highest BCUT2D eigenvalue weighted by atomic mass is 35.5. The summed E-state index contributed by atoms with van der Waals surface area (Å²) in [7, 11) is 0. The second kappa shape index (κ2) is 6.38. The number of rotatable bonds is 3. The van der Waals surface area contributed by atoms with Gasteiger partial charge in [-0.05, 0) is 20.8 Å². The molecule has 104 valence electrons. The van der Waals surface area contributed by atoms with Crippen LogP contribution in [0.2, 0.25) is 5.15 Å². The van der Waals surface area contributed by atoms with Crippen molar-refractivity contribution in [2.75, 3.05) is 12.3 Å². The first-order chi connectivity index (χ1) is 8.78. The number of hydrogen-bond acceptors (Lipinski definition) is 5. The highest BCUT2D eigenvalue weighted by Gasteiger charge is 2.14. The van der Waals surface area contributed by atoms with E-state index in [1.807, 2.05) is 0 Å². The number of nitrogens with one attached hydrogen (secondary N) is 1. The van der Waals surface area contributed by atoms with Crippen molar-refractivity contribution in [3.8, 4) is 0 Å². The topological polar surface area (TPSA) is 90.1 Å². The summed E-state index contributed by atoms with van der Waals surface area (Å²) in [5.74, 6) is 0.119. The van der Waals surface area contributed by atoms with Gasteiger partial charge in [0.25, 0.3) is 0 Å². The van der Waals surface area contributed by atoms with Crippen LogP contribution in [0.3, 0.4) is 0 Å². The lowest BCUT2D eigenvalue weighted by Crippen LogP contribution is -2.32. The molecule has 0 aliphatic heterocycles. The van der Waals surface area contributed by atoms with Gasteiger partial charge in [0.05, 0.1) is 0 Å². The molecule has 0 aliphatic rings. The fourth-order valence-corrected chi connectivity index (χ4v) is 1.34. The van der Waals surface area contributed by atoms with Crippen LogP contribution in [0.1, 0.15) is 26.3 Å². The van der Waals surface area contributed by atoms with Gasteiger partial charge in [-0.3, -0.25) is 0 Å². The lowest BCUT2D eigenvalue weighted by atomic mass is 10.2. The van der Waals surface area contributed by atoms with Crippen molar-refractivity contribution in [1.82, 2.24) is 15.3 Å². The van der Waals surface area contributed by atoms with E-state index in [0.29, 0.717) is 12.1 Å². The minimum atomic E-state index is -0.512. The van der Waals surface area contributed by atoms with Gasteiger partial charge in [-0.15, -0.1) is 0 Å². The summed E-state index contributed by atoms with van der Waals surface area (Å²) in [5.41, 5.74) is 5.49. The maximum atomic E-state index is 11.3. The van der Waals surface area contributed by atoms with Gasteiger partial charge in [-0.25, -0.2) is 14.8 Å². The number of halogens is 1. The predicted molar refractivity (Wildman–Crippen MR) is 74.7 cm³/mol. The third-order valence-corrected chi connectivity index (χ3v) is 2.15. The molecule has 7 heteroatoms. The molecule has 0 fully saturated rings. The maximum Gasteiger partial charge on any atom is 0.407 e. The quantitative estimate of drug-likeness (QED) is 0.831. The maximum absolute atomic E-state index is 11.3. The van der Waals surface area contributed by atoms with Crippen molar-refractivity contribution in [1.29, 1.82) is 0 Å². The molecule has 1 amide bonds. The summed E-state index contributed by atoms with van der Waals surface area (Å²) in [5, 5.41) is 2.85. The van der Waals surface area contributed by atoms with E-state index in [1.54, 1.807) is 32.9 Å². The number of alkyl carbamates (subject to hydrolysis) is 1. The molecule has 3 N–H and O–H groups in total. The van der Waals surface area contributed by atoms with Gasteiger partial charge in [0.2, 0.25) is 5.95 Å². The molecule has 6 nitrogen and oxygen atoms in total. The van der Waals surface area contributed by atoms with Gasteiger partial charge in [0.1, 0.15) is 10.8 Å². The zero-order valence-electron chi connectivity index (χ0n) is 11.1. The monoisotopic (exact) mass is 284 g/mol. The summed E-state index contributed by atoms with van der Waals surface area (Å²) in [6.07, 6.45) is 4.44. The molecule has 1 aromatic heterocycles. The number of carbonyl (C=O) groups is 1. The molecule has 0 aromatic carbocycles. The van der Waals surface area contributed by atoms with Crippen LogP contribution in [0.5, 0.6) is 0 Å². The van der Waals surface area contributed by atoms with Crippen molar-refractivity contribution in [3.63, 3.8) is 0 Å². The van der Waals surface area contributed by atoms with Gasteiger partial charge in [-0.1, -0.05) is 23.8 Å². The lowest BCUT2D eigenvalue weighted by Gasteiger charge is -2.19. The predicted octanol–water partition coefficient (Wildman–Crippen LogP) is 2.25. The van der Waals surface area contributed by atoms with Gasteiger partial charge >= 0.3 is 6.09 Å². The molecule has 0 bridgehead atoms. The number of carbonyl (C=O) groups excluding carboxylic acids is 1. The van der Waals surface area contributed by atoms with E-state index < -0.39 is 11.7 Å². The number of amides is 1. The summed E-state index contributed by atoms with van der Waals surface area (Å²) in [6, 6.07) is 0. The number of ether oxygens (including phenoxy) is 1. The van der Waals surface area contributed by atoms with Gasteiger partial charge in [0, 0.05) is 18.3 Å². The molecule has 0 saturated heterocycles. The molecular weight excluding hydrogens is 268 g/mol. The van der Waals surface area contributed by atoms with Crippen LogP contribution in [-0.2, 0) is 4.74 Å². The zero-order chi connectivity index (χ0) is 14.5. The van der Waals surface area contributed by atoms with Crippen LogP contribution in [-0.4, -0.2) is 28.2 Å². The molecule has 0 spiro atoms. The summed E-state index contributed by atoms with van der Waals surface area (Å²) in [4.78, 5) is 19.0. The third-order valence-electron chi connectivity index (χ3n) is 1.85. The molecule has 0 aliphatic carbocycles. The summed E-state index contributed by atoms with van der Waals surface area (Å²) in [6.45, 7) is 5.71. The molecule has 1 aromatic rings. The fraction of sp³-hybridized carbons (Fsp3) is 0.417. The van der Waals surface area contributed by atoms with Crippen LogP contribution in [0.15, 0.2) is 12.3 Å². The highest BCUT2D eigenvalue weighted by molar-refractivity contribution is 6.30. The van der Waals surface area contributed by atoms with Crippen LogP contribution in [0.4, 0.5) is 10.7 Å². The van der Waals surface area contributed by atoms with Gasteiger partial charge in [0.15, 0.2) is 0 Å². The first-order valence-corrected chi connectivity index (χ1v) is 6.07. The average molecular weight is 285 g/mol. The molecule has 19 heavy (non-hydrogen) atoms. The Labute approximate surface area is 117 Å². The lowest BCUT2D eigenvalue weighted by molar-refractivity contribution is 0.0534. The van der Waals surface area contributed by atoms with Gasteiger partial charge < -0.3 is 15.8 Å². The third kappa shape index (κ3) is 6.05. The Morgan fingerprint density at radius 2 is 2.26 bits per heavy atom. The normalized spacial score (nSPS) is 11.6.